The number of rotatable bonds is 7. The molecule has 0 aliphatic heterocycles. The van der Waals surface area contributed by atoms with Gasteiger partial charge in [0, 0.05) is 12.6 Å². The second-order valence-electron chi connectivity index (χ2n) is 4.22. The average molecular weight is 234 g/mol. The molecule has 0 aromatic heterocycles. The summed E-state index contributed by atoms with van der Waals surface area (Å²) in [6.45, 7) is 5.33. The molecule has 2 N–H and O–H groups in total. The Morgan fingerprint density at radius 3 is 2.65 bits per heavy atom. The summed E-state index contributed by atoms with van der Waals surface area (Å²) in [4.78, 5) is 11.5. The normalized spacial score (nSPS) is 12.1. The summed E-state index contributed by atoms with van der Waals surface area (Å²) < 4.78 is 0. The number of carbonyl (C=O) groups excluding carboxylic acids is 1. The monoisotopic (exact) mass is 234 g/mol. The minimum atomic E-state index is 0.0706. The molecule has 3 nitrogen and oxygen atoms in total. The molecule has 0 aliphatic carbocycles. The topological polar surface area (TPSA) is 41.1 Å². The Hall–Kier alpha value is -1.35. The third-order valence-electron chi connectivity index (χ3n) is 2.72. The van der Waals surface area contributed by atoms with E-state index in [-0.39, 0.29) is 11.9 Å². The quantitative estimate of drug-likeness (QED) is 0.710. The zero-order valence-corrected chi connectivity index (χ0v) is 10.7. The number of nitrogens with one attached hydrogen (secondary N) is 2. The molecular formula is C14H22N2O. The minimum absolute atomic E-state index is 0.0706. The van der Waals surface area contributed by atoms with Gasteiger partial charge in [-0.05, 0) is 18.9 Å². The fourth-order valence-corrected chi connectivity index (χ4v) is 1.57. The van der Waals surface area contributed by atoms with Crippen LogP contribution in [0.25, 0.3) is 0 Å². The van der Waals surface area contributed by atoms with Gasteiger partial charge in [-0.25, -0.2) is 0 Å². The number of hydrogen-bond donors (Lipinski definition) is 2. The molecule has 0 spiro atoms. The van der Waals surface area contributed by atoms with Crippen LogP contribution in [0.1, 0.15) is 38.3 Å². The van der Waals surface area contributed by atoms with Crippen LogP contribution in [-0.4, -0.2) is 19.0 Å². The van der Waals surface area contributed by atoms with E-state index in [0.717, 1.165) is 19.4 Å². The molecule has 0 saturated carbocycles. The van der Waals surface area contributed by atoms with Gasteiger partial charge in [-0.2, -0.15) is 0 Å². The first kappa shape index (κ1) is 13.7. The molecular weight excluding hydrogens is 212 g/mol. The highest BCUT2D eigenvalue weighted by Gasteiger charge is 2.06. The van der Waals surface area contributed by atoms with Gasteiger partial charge in [-0.1, -0.05) is 43.7 Å². The third-order valence-corrected chi connectivity index (χ3v) is 2.72. The van der Waals surface area contributed by atoms with Crippen LogP contribution in [0.2, 0.25) is 0 Å². The maximum Gasteiger partial charge on any atom is 0.233 e. The van der Waals surface area contributed by atoms with Crippen molar-refractivity contribution in [1.82, 2.24) is 10.6 Å². The van der Waals surface area contributed by atoms with Crippen LogP contribution in [0.15, 0.2) is 30.3 Å². The van der Waals surface area contributed by atoms with Gasteiger partial charge in [0.05, 0.1) is 6.54 Å². The molecule has 0 aliphatic rings. The molecule has 1 aromatic rings. The van der Waals surface area contributed by atoms with Crippen LogP contribution in [0.4, 0.5) is 0 Å². The van der Waals surface area contributed by atoms with E-state index in [1.54, 1.807) is 0 Å². The summed E-state index contributed by atoms with van der Waals surface area (Å²) in [6, 6.07) is 10.3. The minimum Gasteiger partial charge on any atom is -0.355 e. The molecule has 17 heavy (non-hydrogen) atoms. The van der Waals surface area contributed by atoms with E-state index >= 15 is 0 Å². The Morgan fingerprint density at radius 2 is 2.00 bits per heavy atom. The van der Waals surface area contributed by atoms with Crippen LogP contribution in [0, 0.1) is 0 Å². The largest absolute Gasteiger partial charge is 0.355 e. The van der Waals surface area contributed by atoms with Crippen LogP contribution in [-0.2, 0) is 4.79 Å². The number of amides is 1. The van der Waals surface area contributed by atoms with Crippen molar-refractivity contribution in [2.45, 2.75) is 32.7 Å². The van der Waals surface area contributed by atoms with Crippen LogP contribution < -0.4 is 10.6 Å². The maximum atomic E-state index is 11.5. The van der Waals surface area contributed by atoms with Crippen molar-refractivity contribution in [1.29, 1.82) is 0 Å². The lowest BCUT2D eigenvalue weighted by Crippen LogP contribution is -2.35. The molecule has 0 bridgehead atoms. The SMILES string of the molecule is CCCCNC(=O)CNC(C)c1ccccc1. The van der Waals surface area contributed by atoms with Gasteiger partial charge in [-0.15, -0.1) is 0 Å². The predicted molar refractivity (Wildman–Crippen MR) is 70.8 cm³/mol. The van der Waals surface area contributed by atoms with Crippen molar-refractivity contribution in [2.75, 3.05) is 13.1 Å². The average Bonchev–Trinajstić information content (AvgIpc) is 2.37. The van der Waals surface area contributed by atoms with Crippen molar-refractivity contribution in [3.63, 3.8) is 0 Å². The highest BCUT2D eigenvalue weighted by atomic mass is 16.1. The fraction of sp³-hybridized carbons (Fsp3) is 0.500. The number of carbonyl (C=O) groups is 1. The number of hydrogen-bond acceptors (Lipinski definition) is 2. The van der Waals surface area contributed by atoms with Gasteiger partial charge < -0.3 is 10.6 Å². The Bertz CT molecular complexity index is 324. The van der Waals surface area contributed by atoms with E-state index in [2.05, 4.69) is 36.6 Å². The summed E-state index contributed by atoms with van der Waals surface area (Å²) in [5.74, 6) is 0.0706. The Labute approximate surface area is 104 Å². The van der Waals surface area contributed by atoms with Gasteiger partial charge in [0.15, 0.2) is 0 Å². The summed E-state index contributed by atoms with van der Waals surface area (Å²) in [6.07, 6.45) is 2.15. The molecule has 1 aromatic carbocycles. The lowest BCUT2D eigenvalue weighted by molar-refractivity contribution is -0.120. The summed E-state index contributed by atoms with van der Waals surface area (Å²) in [7, 11) is 0. The van der Waals surface area contributed by atoms with Gasteiger partial charge in [-0.3, -0.25) is 4.79 Å². The fourth-order valence-electron chi connectivity index (χ4n) is 1.57. The molecule has 0 heterocycles. The van der Waals surface area contributed by atoms with E-state index in [0.29, 0.717) is 6.54 Å². The number of unbranched alkanes of at least 4 members (excludes halogenated alkanes) is 1. The Balaban J connectivity index is 2.24. The van der Waals surface area contributed by atoms with Crippen molar-refractivity contribution in [3.8, 4) is 0 Å². The third kappa shape index (κ3) is 5.50. The highest BCUT2D eigenvalue weighted by molar-refractivity contribution is 5.77. The molecule has 1 atom stereocenters. The van der Waals surface area contributed by atoms with Crippen molar-refractivity contribution >= 4 is 5.91 Å². The lowest BCUT2D eigenvalue weighted by atomic mass is 10.1. The van der Waals surface area contributed by atoms with Crippen molar-refractivity contribution < 1.29 is 4.79 Å². The van der Waals surface area contributed by atoms with E-state index in [4.69, 9.17) is 0 Å². The van der Waals surface area contributed by atoms with Crippen molar-refractivity contribution in [3.05, 3.63) is 35.9 Å². The molecule has 0 saturated heterocycles. The maximum absolute atomic E-state index is 11.5. The number of benzene rings is 1. The van der Waals surface area contributed by atoms with Gasteiger partial charge >= 0.3 is 0 Å². The van der Waals surface area contributed by atoms with Crippen LogP contribution in [0.5, 0.6) is 0 Å². The smallest absolute Gasteiger partial charge is 0.233 e. The standard InChI is InChI=1S/C14H22N2O/c1-3-4-10-15-14(17)11-16-12(2)13-8-6-5-7-9-13/h5-9,12,16H,3-4,10-11H2,1-2H3,(H,15,17). The molecule has 0 fully saturated rings. The molecule has 0 radical (unpaired) electrons. The molecule has 1 rings (SSSR count). The molecule has 1 unspecified atom stereocenters. The molecule has 3 heteroatoms. The van der Waals surface area contributed by atoms with Gasteiger partial charge in [0.25, 0.3) is 0 Å². The summed E-state index contributed by atoms with van der Waals surface area (Å²) in [5.41, 5.74) is 1.20. The first-order valence-corrected chi connectivity index (χ1v) is 6.29. The Kier molecular flexibility index (Phi) is 6.33. The second-order valence-corrected chi connectivity index (χ2v) is 4.22. The zero-order valence-electron chi connectivity index (χ0n) is 10.7. The second kappa shape index (κ2) is 7.85. The lowest BCUT2D eigenvalue weighted by Gasteiger charge is -2.13. The molecule has 94 valence electrons. The first-order chi connectivity index (χ1) is 8.24. The van der Waals surface area contributed by atoms with E-state index in [9.17, 15) is 4.79 Å². The van der Waals surface area contributed by atoms with Crippen molar-refractivity contribution in [2.24, 2.45) is 0 Å². The predicted octanol–water partition coefficient (Wildman–Crippen LogP) is 2.25. The van der Waals surface area contributed by atoms with Gasteiger partial charge in [0.1, 0.15) is 0 Å². The van der Waals surface area contributed by atoms with E-state index < -0.39 is 0 Å². The van der Waals surface area contributed by atoms with Crippen LogP contribution in [0.3, 0.4) is 0 Å². The summed E-state index contributed by atoms with van der Waals surface area (Å²) in [5, 5.41) is 6.10. The van der Waals surface area contributed by atoms with Gasteiger partial charge in [0.2, 0.25) is 5.91 Å². The van der Waals surface area contributed by atoms with Crippen LogP contribution >= 0.6 is 0 Å². The van der Waals surface area contributed by atoms with E-state index in [1.807, 2.05) is 18.2 Å². The Morgan fingerprint density at radius 1 is 1.29 bits per heavy atom. The summed E-state index contributed by atoms with van der Waals surface area (Å²) >= 11 is 0. The van der Waals surface area contributed by atoms with E-state index in [1.165, 1.54) is 5.56 Å². The zero-order chi connectivity index (χ0) is 12.5. The molecule has 1 amide bonds. The first-order valence-electron chi connectivity index (χ1n) is 6.29. The highest BCUT2D eigenvalue weighted by Crippen LogP contribution is 2.10.